The van der Waals surface area contributed by atoms with Crippen LogP contribution in [0.4, 0.5) is 0 Å². The molecule has 0 saturated heterocycles. The van der Waals surface area contributed by atoms with E-state index >= 15 is 0 Å². The van der Waals surface area contributed by atoms with Crippen molar-refractivity contribution in [3.05, 3.63) is 12.2 Å². The Balaban J connectivity index is 3.15. The molecule has 0 radical (unpaired) electrons. The number of hydrogen-bond acceptors (Lipinski definition) is 0. The molecule has 0 aromatic heterocycles. The molecule has 1 unspecified atom stereocenters. The molecule has 0 aliphatic rings. The summed E-state index contributed by atoms with van der Waals surface area (Å²) in [6, 6.07) is 0. The molecule has 0 bridgehead atoms. The molecule has 0 nitrogen and oxygen atoms in total. The van der Waals surface area contributed by atoms with Crippen molar-refractivity contribution in [2.75, 3.05) is 0 Å². The van der Waals surface area contributed by atoms with Gasteiger partial charge >= 0.3 is 0 Å². The highest BCUT2D eigenvalue weighted by Crippen LogP contribution is 2.13. The maximum atomic E-state index is 2.37. The van der Waals surface area contributed by atoms with Gasteiger partial charge in [0.25, 0.3) is 0 Å². The van der Waals surface area contributed by atoms with Crippen molar-refractivity contribution in [1.82, 2.24) is 0 Å². The third-order valence-corrected chi connectivity index (χ3v) is 2.47. The minimum atomic E-state index is 0.935. The van der Waals surface area contributed by atoms with E-state index in [4.69, 9.17) is 0 Å². The lowest BCUT2D eigenvalue weighted by Gasteiger charge is -2.07. The van der Waals surface area contributed by atoms with Gasteiger partial charge in [0, 0.05) is 0 Å². The standard InChI is InChI=1S/C13H26/c1-4-6-7-8-9-10-12-13(3)11-5-2/h7-8,13H,4-6,9-12H2,1-3H3. The molecule has 0 amide bonds. The van der Waals surface area contributed by atoms with Crippen molar-refractivity contribution >= 4 is 0 Å². The summed E-state index contributed by atoms with van der Waals surface area (Å²) in [5.74, 6) is 0.935. The van der Waals surface area contributed by atoms with Gasteiger partial charge in [-0.05, 0) is 25.2 Å². The number of allylic oxidation sites excluding steroid dienone is 2. The molecule has 0 fully saturated rings. The van der Waals surface area contributed by atoms with Gasteiger partial charge in [-0.3, -0.25) is 0 Å². The van der Waals surface area contributed by atoms with Crippen LogP contribution in [0.5, 0.6) is 0 Å². The van der Waals surface area contributed by atoms with E-state index in [2.05, 4.69) is 32.9 Å². The predicted octanol–water partition coefficient (Wildman–Crippen LogP) is 4.95. The summed E-state index contributed by atoms with van der Waals surface area (Å²) in [5, 5.41) is 0. The summed E-state index contributed by atoms with van der Waals surface area (Å²) < 4.78 is 0. The molecule has 0 rings (SSSR count). The molecule has 0 spiro atoms. The van der Waals surface area contributed by atoms with Crippen molar-refractivity contribution in [1.29, 1.82) is 0 Å². The second-order valence-corrected chi connectivity index (χ2v) is 4.08. The zero-order valence-corrected chi connectivity index (χ0v) is 9.68. The van der Waals surface area contributed by atoms with Crippen molar-refractivity contribution in [3.63, 3.8) is 0 Å². The van der Waals surface area contributed by atoms with E-state index in [0.717, 1.165) is 5.92 Å². The minimum absolute atomic E-state index is 0.935. The summed E-state index contributed by atoms with van der Waals surface area (Å²) in [6.07, 6.45) is 14.0. The predicted molar refractivity (Wildman–Crippen MR) is 62.0 cm³/mol. The molecule has 0 saturated carbocycles. The lowest BCUT2D eigenvalue weighted by atomic mass is 9.99. The second-order valence-electron chi connectivity index (χ2n) is 4.08. The fraction of sp³-hybridized carbons (Fsp3) is 0.846. The maximum Gasteiger partial charge on any atom is -0.0351 e. The van der Waals surface area contributed by atoms with Gasteiger partial charge in [-0.1, -0.05) is 58.6 Å². The summed E-state index contributed by atoms with van der Waals surface area (Å²) in [7, 11) is 0. The first-order valence-electron chi connectivity index (χ1n) is 5.96. The first-order valence-corrected chi connectivity index (χ1v) is 5.96. The molecule has 0 aromatic carbocycles. The lowest BCUT2D eigenvalue weighted by Crippen LogP contribution is -1.92. The average Bonchev–Trinajstić information content (AvgIpc) is 2.11. The van der Waals surface area contributed by atoms with Crippen LogP contribution >= 0.6 is 0 Å². The van der Waals surface area contributed by atoms with Gasteiger partial charge in [-0.15, -0.1) is 0 Å². The van der Waals surface area contributed by atoms with E-state index in [1.165, 1.54) is 44.9 Å². The van der Waals surface area contributed by atoms with E-state index in [1.54, 1.807) is 0 Å². The summed E-state index contributed by atoms with van der Waals surface area (Å²) in [5.41, 5.74) is 0. The van der Waals surface area contributed by atoms with E-state index < -0.39 is 0 Å². The van der Waals surface area contributed by atoms with E-state index in [-0.39, 0.29) is 0 Å². The first kappa shape index (κ1) is 12.7. The van der Waals surface area contributed by atoms with Crippen LogP contribution < -0.4 is 0 Å². The Morgan fingerprint density at radius 2 is 1.62 bits per heavy atom. The number of unbranched alkanes of at least 4 members (excludes halogenated alkanes) is 2. The monoisotopic (exact) mass is 182 g/mol. The zero-order valence-electron chi connectivity index (χ0n) is 9.68. The van der Waals surface area contributed by atoms with Gasteiger partial charge in [0.1, 0.15) is 0 Å². The lowest BCUT2D eigenvalue weighted by molar-refractivity contribution is 0.471. The van der Waals surface area contributed by atoms with Gasteiger partial charge in [0.15, 0.2) is 0 Å². The molecule has 0 aliphatic carbocycles. The molecular weight excluding hydrogens is 156 g/mol. The molecule has 0 heterocycles. The fourth-order valence-electron chi connectivity index (χ4n) is 1.62. The van der Waals surface area contributed by atoms with Crippen LogP contribution in [0.25, 0.3) is 0 Å². The molecule has 0 N–H and O–H groups in total. The highest BCUT2D eigenvalue weighted by atomic mass is 14.0. The fourth-order valence-corrected chi connectivity index (χ4v) is 1.62. The van der Waals surface area contributed by atoms with Gasteiger partial charge in [-0.25, -0.2) is 0 Å². The molecule has 78 valence electrons. The van der Waals surface area contributed by atoms with E-state index in [0.29, 0.717) is 0 Å². The quantitative estimate of drug-likeness (QED) is 0.368. The van der Waals surface area contributed by atoms with Crippen LogP contribution in [0, 0.1) is 5.92 Å². The Labute approximate surface area is 84.4 Å². The Morgan fingerprint density at radius 1 is 0.923 bits per heavy atom. The van der Waals surface area contributed by atoms with Crippen molar-refractivity contribution in [2.24, 2.45) is 5.92 Å². The smallest absolute Gasteiger partial charge is 0.0351 e. The van der Waals surface area contributed by atoms with Gasteiger partial charge in [-0.2, -0.15) is 0 Å². The Kier molecular flexibility index (Phi) is 9.63. The zero-order chi connectivity index (χ0) is 9.94. The Hall–Kier alpha value is -0.260. The molecular formula is C13H26. The Morgan fingerprint density at radius 3 is 2.23 bits per heavy atom. The van der Waals surface area contributed by atoms with Crippen LogP contribution in [-0.2, 0) is 0 Å². The SMILES string of the molecule is CCCC=CCCCC(C)CCC. The van der Waals surface area contributed by atoms with Gasteiger partial charge < -0.3 is 0 Å². The van der Waals surface area contributed by atoms with Crippen LogP contribution in [0.3, 0.4) is 0 Å². The number of rotatable bonds is 8. The summed E-state index contributed by atoms with van der Waals surface area (Å²) in [4.78, 5) is 0. The number of hydrogen-bond donors (Lipinski definition) is 0. The molecule has 13 heavy (non-hydrogen) atoms. The Bertz CT molecular complexity index is 113. The molecule has 0 aromatic rings. The largest absolute Gasteiger partial charge is 0.0885 e. The topological polar surface area (TPSA) is 0 Å². The van der Waals surface area contributed by atoms with Crippen molar-refractivity contribution in [2.45, 2.75) is 65.7 Å². The molecule has 0 heteroatoms. The summed E-state index contributed by atoms with van der Waals surface area (Å²) >= 11 is 0. The van der Waals surface area contributed by atoms with Crippen molar-refractivity contribution in [3.8, 4) is 0 Å². The third kappa shape index (κ3) is 9.66. The molecule has 1 atom stereocenters. The highest BCUT2D eigenvalue weighted by molar-refractivity contribution is 4.80. The van der Waals surface area contributed by atoms with E-state index in [1.807, 2.05) is 0 Å². The summed E-state index contributed by atoms with van der Waals surface area (Å²) in [6.45, 7) is 6.88. The van der Waals surface area contributed by atoms with Gasteiger partial charge in [0.2, 0.25) is 0 Å². The first-order chi connectivity index (χ1) is 6.31. The minimum Gasteiger partial charge on any atom is -0.0885 e. The maximum absolute atomic E-state index is 2.37. The van der Waals surface area contributed by atoms with Crippen LogP contribution in [0.2, 0.25) is 0 Å². The average molecular weight is 182 g/mol. The highest BCUT2D eigenvalue weighted by Gasteiger charge is 1.98. The van der Waals surface area contributed by atoms with Crippen molar-refractivity contribution < 1.29 is 0 Å². The second kappa shape index (κ2) is 9.83. The normalized spacial score (nSPS) is 13.8. The van der Waals surface area contributed by atoms with Crippen LogP contribution in [-0.4, -0.2) is 0 Å². The van der Waals surface area contributed by atoms with Crippen LogP contribution in [0.1, 0.15) is 65.7 Å². The molecule has 0 aliphatic heterocycles. The van der Waals surface area contributed by atoms with E-state index in [9.17, 15) is 0 Å². The van der Waals surface area contributed by atoms with Crippen LogP contribution in [0.15, 0.2) is 12.2 Å². The third-order valence-electron chi connectivity index (χ3n) is 2.47. The van der Waals surface area contributed by atoms with Gasteiger partial charge in [0.05, 0.1) is 0 Å².